The molecule has 0 fully saturated rings. The molecule has 0 atom stereocenters. The lowest BCUT2D eigenvalue weighted by Crippen LogP contribution is -2.46. The zero-order chi connectivity index (χ0) is 22.8. The lowest BCUT2D eigenvalue weighted by Gasteiger charge is -2.18. The molecular formula is C21H27N3O6S. The number of nitrogens with one attached hydrogen (secondary N) is 2. The average Bonchev–Trinajstić information content (AvgIpc) is 3.28. The summed E-state index contributed by atoms with van der Waals surface area (Å²) in [6.45, 7) is 6.40. The van der Waals surface area contributed by atoms with Gasteiger partial charge in [0.2, 0.25) is 5.75 Å². The molecule has 0 aliphatic heterocycles. The Morgan fingerprint density at radius 1 is 0.968 bits per heavy atom. The smallest absolute Gasteiger partial charge is 0.269 e. The number of hydrazine groups is 1. The number of hydrogen-bond acceptors (Lipinski definition) is 7. The first-order valence-electron chi connectivity index (χ1n) is 9.85. The van der Waals surface area contributed by atoms with Crippen LogP contribution in [0.4, 0.5) is 0 Å². The molecule has 0 spiro atoms. The maximum atomic E-state index is 12.6. The van der Waals surface area contributed by atoms with Gasteiger partial charge in [-0.15, -0.1) is 11.3 Å². The van der Waals surface area contributed by atoms with Crippen LogP contribution in [0.2, 0.25) is 0 Å². The molecule has 0 unspecified atom stereocenters. The third kappa shape index (κ3) is 6.61. The molecule has 0 aliphatic rings. The van der Waals surface area contributed by atoms with E-state index in [1.165, 1.54) is 35.4 Å². The van der Waals surface area contributed by atoms with E-state index in [1.54, 1.807) is 17.5 Å². The van der Waals surface area contributed by atoms with Crippen molar-refractivity contribution in [1.29, 1.82) is 0 Å². The summed E-state index contributed by atoms with van der Waals surface area (Å²) in [5.41, 5.74) is 4.88. The van der Waals surface area contributed by atoms with E-state index >= 15 is 0 Å². The number of nitrogens with zero attached hydrogens (tertiary/aromatic N) is 1. The van der Waals surface area contributed by atoms with E-state index in [9.17, 15) is 14.4 Å². The van der Waals surface area contributed by atoms with E-state index in [0.29, 0.717) is 41.9 Å². The number of hydrogen-bond donors (Lipinski definition) is 2. The van der Waals surface area contributed by atoms with E-state index < -0.39 is 11.8 Å². The lowest BCUT2D eigenvalue weighted by molar-refractivity contribution is -0.122. The molecule has 0 saturated heterocycles. The molecule has 2 rings (SSSR count). The van der Waals surface area contributed by atoms with Crippen molar-refractivity contribution in [3.8, 4) is 17.2 Å². The fraction of sp³-hybridized carbons (Fsp3) is 0.381. The molecule has 0 saturated carbocycles. The van der Waals surface area contributed by atoms with Gasteiger partial charge in [0.15, 0.2) is 11.5 Å². The van der Waals surface area contributed by atoms with Crippen LogP contribution in [-0.2, 0) is 4.79 Å². The topological polar surface area (TPSA) is 106 Å². The molecule has 1 heterocycles. The van der Waals surface area contributed by atoms with Gasteiger partial charge in [0, 0.05) is 12.6 Å². The summed E-state index contributed by atoms with van der Waals surface area (Å²) in [7, 11) is 1.51. The van der Waals surface area contributed by atoms with Crippen molar-refractivity contribution in [1.82, 2.24) is 15.8 Å². The average molecular weight is 450 g/mol. The van der Waals surface area contributed by atoms with Gasteiger partial charge in [0.1, 0.15) is 6.54 Å². The highest BCUT2D eigenvalue weighted by Gasteiger charge is 2.20. The SMILES string of the molecule is CCOc1cc(C(=O)NNC(=O)CN(C)C(=O)c2cccs2)cc(OCC)c1OCC. The van der Waals surface area contributed by atoms with Crippen molar-refractivity contribution < 1.29 is 28.6 Å². The largest absolute Gasteiger partial charge is 0.490 e. The minimum absolute atomic E-state index is 0.214. The Labute approximate surface area is 185 Å². The van der Waals surface area contributed by atoms with Gasteiger partial charge >= 0.3 is 0 Å². The Morgan fingerprint density at radius 2 is 1.58 bits per heavy atom. The first kappa shape index (κ1) is 24.0. The van der Waals surface area contributed by atoms with E-state index in [1.807, 2.05) is 20.8 Å². The fourth-order valence-electron chi connectivity index (χ4n) is 2.63. The van der Waals surface area contributed by atoms with Gasteiger partial charge in [-0.1, -0.05) is 6.07 Å². The van der Waals surface area contributed by atoms with Crippen molar-refractivity contribution in [3.63, 3.8) is 0 Å². The summed E-state index contributed by atoms with van der Waals surface area (Å²) >= 11 is 1.29. The van der Waals surface area contributed by atoms with Gasteiger partial charge in [-0.25, -0.2) is 0 Å². The van der Waals surface area contributed by atoms with Crippen molar-refractivity contribution in [3.05, 3.63) is 40.1 Å². The molecule has 9 nitrogen and oxygen atoms in total. The second kappa shape index (κ2) is 11.8. The second-order valence-corrected chi connectivity index (χ2v) is 7.19. The summed E-state index contributed by atoms with van der Waals surface area (Å²) in [6.07, 6.45) is 0. The molecule has 3 amide bonds. The van der Waals surface area contributed by atoms with Crippen LogP contribution in [-0.4, -0.2) is 56.0 Å². The lowest BCUT2D eigenvalue weighted by atomic mass is 10.1. The normalized spacial score (nSPS) is 10.2. The minimum Gasteiger partial charge on any atom is -0.490 e. The zero-order valence-corrected chi connectivity index (χ0v) is 18.8. The van der Waals surface area contributed by atoms with Crippen molar-refractivity contribution >= 4 is 29.1 Å². The first-order valence-corrected chi connectivity index (χ1v) is 10.7. The van der Waals surface area contributed by atoms with Crippen molar-refractivity contribution in [2.45, 2.75) is 20.8 Å². The number of ether oxygens (including phenoxy) is 3. The number of benzene rings is 1. The summed E-state index contributed by atoms with van der Waals surface area (Å²) < 4.78 is 16.8. The van der Waals surface area contributed by atoms with Crippen LogP contribution in [0.3, 0.4) is 0 Å². The summed E-state index contributed by atoms with van der Waals surface area (Å²) in [6, 6.07) is 6.48. The molecule has 2 N–H and O–H groups in total. The van der Waals surface area contributed by atoms with Crippen LogP contribution < -0.4 is 25.1 Å². The van der Waals surface area contributed by atoms with Crippen LogP contribution in [0.15, 0.2) is 29.6 Å². The van der Waals surface area contributed by atoms with Gasteiger partial charge in [-0.05, 0) is 44.4 Å². The summed E-state index contributed by atoms with van der Waals surface area (Å²) in [5, 5.41) is 1.78. The summed E-state index contributed by atoms with van der Waals surface area (Å²) in [4.78, 5) is 38.7. The van der Waals surface area contributed by atoms with Crippen LogP contribution in [0, 0.1) is 0 Å². The predicted molar refractivity (Wildman–Crippen MR) is 117 cm³/mol. The third-order valence-electron chi connectivity index (χ3n) is 3.95. The van der Waals surface area contributed by atoms with Crippen LogP contribution in [0.25, 0.3) is 0 Å². The monoisotopic (exact) mass is 449 g/mol. The van der Waals surface area contributed by atoms with Gasteiger partial charge in [0.25, 0.3) is 17.7 Å². The van der Waals surface area contributed by atoms with Crippen molar-refractivity contribution in [2.75, 3.05) is 33.4 Å². The standard InChI is InChI=1S/C21H27N3O6S/c1-5-28-15-11-14(12-16(29-6-2)19(15)30-7-3)20(26)23-22-18(25)13-24(4)21(27)17-9-8-10-31-17/h8-12H,5-7,13H2,1-4H3,(H,22,25)(H,23,26). The number of thiophene rings is 1. The van der Waals surface area contributed by atoms with Crippen molar-refractivity contribution in [2.24, 2.45) is 0 Å². The molecular weight excluding hydrogens is 422 g/mol. The maximum absolute atomic E-state index is 12.6. The Bertz CT molecular complexity index is 874. The van der Waals surface area contributed by atoms with E-state index in [-0.39, 0.29) is 18.0 Å². The highest BCUT2D eigenvalue weighted by atomic mass is 32.1. The highest BCUT2D eigenvalue weighted by Crippen LogP contribution is 2.39. The third-order valence-corrected chi connectivity index (χ3v) is 4.80. The fourth-order valence-corrected chi connectivity index (χ4v) is 3.35. The molecule has 0 radical (unpaired) electrons. The number of amides is 3. The van der Waals surface area contributed by atoms with Gasteiger partial charge in [-0.3, -0.25) is 25.2 Å². The molecule has 10 heteroatoms. The van der Waals surface area contributed by atoms with Crippen LogP contribution in [0.5, 0.6) is 17.2 Å². The van der Waals surface area contributed by atoms with E-state index in [0.717, 1.165) is 0 Å². The molecule has 1 aromatic heterocycles. The van der Waals surface area contributed by atoms with Crippen LogP contribution >= 0.6 is 11.3 Å². The Kier molecular flexibility index (Phi) is 9.13. The van der Waals surface area contributed by atoms with E-state index in [4.69, 9.17) is 14.2 Å². The van der Waals surface area contributed by atoms with Gasteiger partial charge in [0.05, 0.1) is 24.7 Å². The number of carbonyl (C=O) groups excluding carboxylic acids is 3. The Balaban J connectivity index is 2.05. The van der Waals surface area contributed by atoms with Gasteiger partial charge < -0.3 is 19.1 Å². The second-order valence-electron chi connectivity index (χ2n) is 6.24. The number of carbonyl (C=O) groups is 3. The maximum Gasteiger partial charge on any atom is 0.269 e. The predicted octanol–water partition coefficient (Wildman–Crippen LogP) is 2.48. The first-order chi connectivity index (χ1) is 14.9. The van der Waals surface area contributed by atoms with Crippen LogP contribution in [0.1, 0.15) is 40.8 Å². The minimum atomic E-state index is -0.564. The molecule has 0 aliphatic carbocycles. The number of rotatable bonds is 10. The molecule has 2 aromatic rings. The van der Waals surface area contributed by atoms with Gasteiger partial charge in [-0.2, -0.15) is 0 Å². The molecule has 31 heavy (non-hydrogen) atoms. The Morgan fingerprint density at radius 3 is 2.10 bits per heavy atom. The summed E-state index contributed by atoms with van der Waals surface area (Å²) in [5.74, 6) is -0.223. The highest BCUT2D eigenvalue weighted by molar-refractivity contribution is 7.12. The zero-order valence-electron chi connectivity index (χ0n) is 18.0. The Hall–Kier alpha value is -3.27. The van der Waals surface area contributed by atoms with E-state index in [2.05, 4.69) is 10.9 Å². The number of likely N-dealkylation sites (N-methyl/N-ethyl adjacent to an activating group) is 1. The molecule has 1 aromatic carbocycles. The molecule has 168 valence electrons. The quantitative estimate of drug-likeness (QED) is 0.540. The molecule has 0 bridgehead atoms.